The van der Waals surface area contributed by atoms with E-state index in [4.69, 9.17) is 21.1 Å². The van der Waals surface area contributed by atoms with E-state index in [-0.39, 0.29) is 6.61 Å². The van der Waals surface area contributed by atoms with Crippen molar-refractivity contribution in [3.05, 3.63) is 28.8 Å². The number of benzene rings is 1. The van der Waals surface area contributed by atoms with Crippen molar-refractivity contribution >= 4 is 11.6 Å². The molecule has 21 heavy (non-hydrogen) atoms. The molecule has 1 aromatic carbocycles. The van der Waals surface area contributed by atoms with Gasteiger partial charge in [-0.15, -0.1) is 0 Å². The van der Waals surface area contributed by atoms with Crippen molar-refractivity contribution in [2.75, 3.05) is 20.3 Å². The maximum atomic E-state index is 9.97. The zero-order chi connectivity index (χ0) is 15.2. The van der Waals surface area contributed by atoms with Crippen molar-refractivity contribution in [3.63, 3.8) is 0 Å². The van der Waals surface area contributed by atoms with Gasteiger partial charge in [-0.05, 0) is 49.9 Å². The van der Waals surface area contributed by atoms with Crippen LogP contribution < -0.4 is 10.1 Å². The minimum Gasteiger partial charge on any atom is -0.491 e. The van der Waals surface area contributed by atoms with E-state index in [1.807, 2.05) is 19.1 Å². The second kappa shape index (κ2) is 7.99. The molecule has 0 heterocycles. The molecule has 0 spiro atoms. The second-order valence-electron chi connectivity index (χ2n) is 5.65. The topological polar surface area (TPSA) is 50.7 Å². The number of methoxy groups -OCH3 is 1. The van der Waals surface area contributed by atoms with Crippen LogP contribution in [-0.2, 0) is 4.74 Å². The van der Waals surface area contributed by atoms with Crippen molar-refractivity contribution in [1.29, 1.82) is 0 Å². The highest BCUT2D eigenvalue weighted by Crippen LogP contribution is 2.22. The molecule has 1 saturated carbocycles. The molecule has 3 unspecified atom stereocenters. The number of nitrogens with one attached hydrogen (secondary N) is 1. The van der Waals surface area contributed by atoms with Gasteiger partial charge in [0.1, 0.15) is 18.5 Å². The molecule has 118 valence electrons. The third-order valence-corrected chi connectivity index (χ3v) is 4.36. The first-order valence-corrected chi connectivity index (χ1v) is 7.79. The summed E-state index contributed by atoms with van der Waals surface area (Å²) < 4.78 is 10.9. The summed E-state index contributed by atoms with van der Waals surface area (Å²) >= 11 is 5.96. The highest BCUT2D eigenvalue weighted by molar-refractivity contribution is 6.31. The number of aliphatic hydroxyl groups excluding tert-OH is 1. The second-order valence-corrected chi connectivity index (χ2v) is 6.06. The highest BCUT2D eigenvalue weighted by atomic mass is 35.5. The van der Waals surface area contributed by atoms with Crippen LogP contribution in [0.3, 0.4) is 0 Å². The van der Waals surface area contributed by atoms with Gasteiger partial charge >= 0.3 is 0 Å². The Morgan fingerprint density at radius 1 is 1.43 bits per heavy atom. The smallest absolute Gasteiger partial charge is 0.119 e. The van der Waals surface area contributed by atoms with E-state index in [1.54, 1.807) is 13.2 Å². The zero-order valence-electron chi connectivity index (χ0n) is 12.6. The molecule has 0 amide bonds. The average Bonchev–Trinajstić information content (AvgIpc) is 2.94. The number of aryl methyl sites for hydroxylation is 1. The van der Waals surface area contributed by atoms with E-state index in [1.165, 1.54) is 0 Å². The van der Waals surface area contributed by atoms with Crippen molar-refractivity contribution in [2.45, 2.75) is 44.4 Å². The maximum Gasteiger partial charge on any atom is 0.119 e. The van der Waals surface area contributed by atoms with Gasteiger partial charge in [0.25, 0.3) is 0 Å². The van der Waals surface area contributed by atoms with Crippen LogP contribution in [0.5, 0.6) is 5.75 Å². The van der Waals surface area contributed by atoms with Crippen LogP contribution in [0.1, 0.15) is 24.8 Å². The number of aliphatic hydroxyl groups is 1. The summed E-state index contributed by atoms with van der Waals surface area (Å²) in [5, 5.41) is 14.1. The van der Waals surface area contributed by atoms with E-state index < -0.39 is 6.10 Å². The third kappa shape index (κ3) is 5.15. The molecule has 0 saturated heterocycles. The Balaban J connectivity index is 1.67. The fourth-order valence-corrected chi connectivity index (χ4v) is 2.72. The fourth-order valence-electron chi connectivity index (χ4n) is 2.60. The van der Waals surface area contributed by atoms with Gasteiger partial charge in [0.2, 0.25) is 0 Å². The molecular weight excluding hydrogens is 290 g/mol. The minimum atomic E-state index is -0.525. The lowest BCUT2D eigenvalue weighted by atomic mass is 10.2. The summed E-state index contributed by atoms with van der Waals surface area (Å²) in [7, 11) is 1.75. The van der Waals surface area contributed by atoms with Gasteiger partial charge < -0.3 is 19.9 Å². The van der Waals surface area contributed by atoms with Crippen LogP contribution >= 0.6 is 11.6 Å². The molecule has 1 fully saturated rings. The molecular formula is C16H24ClNO3. The van der Waals surface area contributed by atoms with Gasteiger partial charge in [-0.1, -0.05) is 11.6 Å². The Labute approximate surface area is 131 Å². The number of ether oxygens (including phenoxy) is 2. The minimum absolute atomic E-state index is 0.272. The Hall–Kier alpha value is -0.810. The lowest BCUT2D eigenvalue weighted by molar-refractivity contribution is 0.0966. The van der Waals surface area contributed by atoms with Gasteiger partial charge in [-0.3, -0.25) is 0 Å². The van der Waals surface area contributed by atoms with Gasteiger partial charge in [-0.2, -0.15) is 0 Å². The normalized spacial score (nSPS) is 23.2. The Kier molecular flexibility index (Phi) is 6.30. The molecule has 0 bridgehead atoms. The predicted molar refractivity (Wildman–Crippen MR) is 84.1 cm³/mol. The summed E-state index contributed by atoms with van der Waals surface area (Å²) in [6, 6.07) is 5.93. The first-order chi connectivity index (χ1) is 10.1. The number of halogens is 1. The maximum absolute atomic E-state index is 9.97. The van der Waals surface area contributed by atoms with Crippen LogP contribution in [0, 0.1) is 6.92 Å². The number of rotatable bonds is 7. The Morgan fingerprint density at radius 2 is 2.24 bits per heavy atom. The molecule has 3 atom stereocenters. The lowest BCUT2D eigenvalue weighted by Crippen LogP contribution is -2.37. The largest absolute Gasteiger partial charge is 0.491 e. The molecule has 0 aromatic heterocycles. The van der Waals surface area contributed by atoms with Crippen LogP contribution in [0.25, 0.3) is 0 Å². The van der Waals surface area contributed by atoms with Gasteiger partial charge in [0, 0.05) is 24.7 Å². The fraction of sp³-hybridized carbons (Fsp3) is 0.625. The van der Waals surface area contributed by atoms with Crippen LogP contribution in [0.2, 0.25) is 5.02 Å². The molecule has 0 radical (unpaired) electrons. The quantitative estimate of drug-likeness (QED) is 0.812. The predicted octanol–water partition coefficient (Wildman–Crippen LogP) is 2.55. The monoisotopic (exact) mass is 313 g/mol. The summed E-state index contributed by atoms with van der Waals surface area (Å²) in [5.74, 6) is 0.733. The molecule has 2 rings (SSSR count). The first kappa shape index (κ1) is 16.6. The van der Waals surface area contributed by atoms with E-state index in [2.05, 4.69) is 5.32 Å². The third-order valence-electron chi connectivity index (χ3n) is 3.93. The first-order valence-electron chi connectivity index (χ1n) is 7.41. The van der Waals surface area contributed by atoms with E-state index in [0.717, 1.165) is 35.6 Å². The molecule has 1 aliphatic carbocycles. The Morgan fingerprint density at radius 3 is 2.90 bits per heavy atom. The summed E-state index contributed by atoms with van der Waals surface area (Å²) in [4.78, 5) is 0. The van der Waals surface area contributed by atoms with Gasteiger partial charge in [-0.25, -0.2) is 0 Å². The molecule has 4 nitrogen and oxygen atoms in total. The van der Waals surface area contributed by atoms with E-state index in [0.29, 0.717) is 18.7 Å². The van der Waals surface area contributed by atoms with Crippen molar-refractivity contribution in [2.24, 2.45) is 0 Å². The van der Waals surface area contributed by atoms with Crippen LogP contribution in [0.15, 0.2) is 18.2 Å². The summed E-state index contributed by atoms with van der Waals surface area (Å²) in [5.41, 5.74) is 0.971. The van der Waals surface area contributed by atoms with Gasteiger partial charge in [0.15, 0.2) is 0 Å². The molecule has 1 aliphatic rings. The van der Waals surface area contributed by atoms with E-state index in [9.17, 15) is 5.11 Å². The Bertz CT molecular complexity index is 455. The average molecular weight is 314 g/mol. The zero-order valence-corrected chi connectivity index (χ0v) is 13.4. The van der Waals surface area contributed by atoms with Crippen molar-refractivity contribution in [1.82, 2.24) is 5.32 Å². The SMILES string of the molecule is COC1CCC(NCC(O)COc2ccc(Cl)c(C)c2)C1. The van der Waals surface area contributed by atoms with Crippen LogP contribution in [0.4, 0.5) is 0 Å². The highest BCUT2D eigenvalue weighted by Gasteiger charge is 2.24. The van der Waals surface area contributed by atoms with Crippen molar-refractivity contribution < 1.29 is 14.6 Å². The number of hydrogen-bond donors (Lipinski definition) is 2. The van der Waals surface area contributed by atoms with E-state index >= 15 is 0 Å². The van der Waals surface area contributed by atoms with Gasteiger partial charge in [0.05, 0.1) is 6.10 Å². The molecule has 0 aliphatic heterocycles. The van der Waals surface area contributed by atoms with Crippen LogP contribution in [-0.4, -0.2) is 43.6 Å². The molecule has 2 N–H and O–H groups in total. The lowest BCUT2D eigenvalue weighted by Gasteiger charge is -2.17. The molecule has 5 heteroatoms. The standard InChI is InChI=1S/C16H24ClNO3/c1-11-7-15(5-6-16(11)17)21-10-13(19)9-18-12-3-4-14(8-12)20-2/h5-7,12-14,18-19H,3-4,8-10H2,1-2H3. The summed E-state index contributed by atoms with van der Waals surface area (Å²) in [6.07, 6.45) is 3.03. The number of hydrogen-bond acceptors (Lipinski definition) is 4. The van der Waals surface area contributed by atoms with Crippen molar-refractivity contribution in [3.8, 4) is 5.75 Å². The summed E-state index contributed by atoms with van der Waals surface area (Å²) in [6.45, 7) is 2.74. The molecule has 1 aromatic rings.